The molecule has 4 rings (SSSR count). The Kier molecular flexibility index (Phi) is 3.60. The average Bonchev–Trinajstić information content (AvgIpc) is 3.04. The van der Waals surface area contributed by atoms with E-state index < -0.39 is 10.0 Å². The molecule has 0 spiro atoms. The molecule has 1 aromatic heterocycles. The summed E-state index contributed by atoms with van der Waals surface area (Å²) in [5.74, 6) is 0. The first-order valence-corrected chi connectivity index (χ1v) is 9.54. The van der Waals surface area contributed by atoms with E-state index in [0.29, 0.717) is 45.3 Å². The van der Waals surface area contributed by atoms with Gasteiger partial charge in [0.1, 0.15) is 0 Å². The van der Waals surface area contributed by atoms with Crippen LogP contribution < -0.4 is 9.04 Å². The Hall–Kier alpha value is -3.11. The molecule has 0 bridgehead atoms. The van der Waals surface area contributed by atoms with Crippen LogP contribution in [0.5, 0.6) is 0 Å². The Labute approximate surface area is 151 Å². The normalized spacial score (nSPS) is 13.6. The van der Waals surface area contributed by atoms with Crippen LogP contribution in [0.1, 0.15) is 16.7 Å². The van der Waals surface area contributed by atoms with Crippen LogP contribution in [-0.2, 0) is 16.4 Å². The lowest BCUT2D eigenvalue weighted by atomic mass is 10.1. The number of aromatic nitrogens is 1. The molecule has 7 heteroatoms. The van der Waals surface area contributed by atoms with Gasteiger partial charge in [-0.2, -0.15) is 9.99 Å². The molecule has 0 atom stereocenters. The van der Waals surface area contributed by atoms with Gasteiger partial charge in [0.2, 0.25) is 0 Å². The fourth-order valence-corrected chi connectivity index (χ4v) is 5.30. The molecule has 3 aromatic rings. The second kappa shape index (κ2) is 5.71. The fourth-order valence-electron chi connectivity index (χ4n) is 3.51. The maximum absolute atomic E-state index is 13.4. The summed E-state index contributed by atoms with van der Waals surface area (Å²) in [6, 6.07) is 12.1. The molecule has 0 saturated carbocycles. The van der Waals surface area contributed by atoms with Gasteiger partial charge in [0.25, 0.3) is 10.0 Å². The van der Waals surface area contributed by atoms with E-state index in [1.54, 1.807) is 43.3 Å². The van der Waals surface area contributed by atoms with Crippen molar-refractivity contribution < 1.29 is 13.1 Å². The largest absolute Gasteiger partial charge is 0.619 e. The van der Waals surface area contributed by atoms with Crippen molar-refractivity contribution in [3.8, 4) is 6.07 Å². The molecule has 1 aliphatic rings. The summed E-state index contributed by atoms with van der Waals surface area (Å²) in [5.41, 5.74) is 2.48. The number of aryl methyl sites for hydroxylation is 1. The van der Waals surface area contributed by atoms with Crippen molar-refractivity contribution in [3.05, 3.63) is 70.7 Å². The van der Waals surface area contributed by atoms with E-state index in [0.717, 1.165) is 5.56 Å². The highest BCUT2D eigenvalue weighted by molar-refractivity contribution is 7.93. The van der Waals surface area contributed by atoms with Crippen molar-refractivity contribution in [2.45, 2.75) is 18.2 Å². The maximum atomic E-state index is 13.4. The van der Waals surface area contributed by atoms with Gasteiger partial charge in [0, 0.05) is 22.9 Å². The summed E-state index contributed by atoms with van der Waals surface area (Å²) in [5, 5.41) is 21.9. The number of hydrogen-bond donors (Lipinski definition) is 0. The van der Waals surface area contributed by atoms with Gasteiger partial charge >= 0.3 is 0 Å². The van der Waals surface area contributed by atoms with Gasteiger partial charge in [-0.1, -0.05) is 12.1 Å². The van der Waals surface area contributed by atoms with E-state index in [1.165, 1.54) is 16.7 Å². The van der Waals surface area contributed by atoms with E-state index >= 15 is 0 Å². The van der Waals surface area contributed by atoms with Crippen LogP contribution in [0.25, 0.3) is 10.8 Å². The molecule has 0 fully saturated rings. The summed E-state index contributed by atoms with van der Waals surface area (Å²) in [7, 11) is -3.83. The van der Waals surface area contributed by atoms with Crippen LogP contribution in [-0.4, -0.2) is 15.0 Å². The van der Waals surface area contributed by atoms with Crippen LogP contribution in [0.3, 0.4) is 0 Å². The van der Waals surface area contributed by atoms with E-state index in [9.17, 15) is 13.6 Å². The third-order valence-corrected chi connectivity index (χ3v) is 6.53. The highest BCUT2D eigenvalue weighted by Gasteiger charge is 2.32. The second-order valence-electron chi connectivity index (χ2n) is 6.30. The van der Waals surface area contributed by atoms with Crippen molar-refractivity contribution in [1.29, 1.82) is 5.26 Å². The summed E-state index contributed by atoms with van der Waals surface area (Å²) in [6.07, 6.45) is 3.34. The molecule has 0 amide bonds. The molecule has 0 unspecified atom stereocenters. The lowest BCUT2D eigenvalue weighted by Crippen LogP contribution is -2.30. The zero-order valence-electron chi connectivity index (χ0n) is 14.0. The molecule has 0 aliphatic carbocycles. The molecule has 2 heterocycles. The predicted molar refractivity (Wildman–Crippen MR) is 97.0 cm³/mol. The second-order valence-corrected chi connectivity index (χ2v) is 8.13. The zero-order chi connectivity index (χ0) is 18.5. The minimum absolute atomic E-state index is 0.170. The first-order valence-electron chi connectivity index (χ1n) is 8.10. The molecule has 0 radical (unpaired) electrons. The molecular weight excluding hydrogens is 350 g/mol. The van der Waals surface area contributed by atoms with Gasteiger partial charge in [0.05, 0.1) is 22.2 Å². The highest BCUT2D eigenvalue weighted by Crippen LogP contribution is 2.36. The van der Waals surface area contributed by atoms with Crippen LogP contribution >= 0.6 is 0 Å². The van der Waals surface area contributed by atoms with E-state index in [4.69, 9.17) is 5.26 Å². The lowest BCUT2D eigenvalue weighted by Gasteiger charge is -2.21. The third kappa shape index (κ3) is 2.38. The van der Waals surface area contributed by atoms with Gasteiger partial charge in [-0.3, -0.25) is 4.31 Å². The number of hydrogen-bond acceptors (Lipinski definition) is 4. The topological polar surface area (TPSA) is 88.1 Å². The predicted octanol–water partition coefficient (Wildman–Crippen LogP) is 2.40. The number of pyridine rings is 1. The Morgan fingerprint density at radius 3 is 2.81 bits per heavy atom. The van der Waals surface area contributed by atoms with Crippen molar-refractivity contribution in [1.82, 2.24) is 0 Å². The standard InChI is InChI=1S/C19H15N3O3S/c1-13-11-21(23)12-16-3-2-4-18(19(13)16)26(24,25)22-8-7-15-6-5-14(10-20)9-17(15)22/h2-6,9,11-12H,7-8H2,1H3. The number of anilines is 1. The van der Waals surface area contributed by atoms with E-state index in [1.807, 2.05) is 0 Å². The maximum Gasteiger partial charge on any atom is 0.264 e. The quantitative estimate of drug-likeness (QED) is 0.515. The number of sulfonamides is 1. The summed E-state index contributed by atoms with van der Waals surface area (Å²) in [6.45, 7) is 2.05. The molecule has 0 saturated heterocycles. The number of nitriles is 1. The summed E-state index contributed by atoms with van der Waals surface area (Å²) >= 11 is 0. The van der Waals surface area contributed by atoms with Gasteiger partial charge in [-0.15, -0.1) is 0 Å². The number of rotatable bonds is 2. The summed E-state index contributed by atoms with van der Waals surface area (Å²) < 4.78 is 28.8. The van der Waals surface area contributed by atoms with Gasteiger partial charge in [0.15, 0.2) is 12.4 Å². The fraction of sp³-hybridized carbons (Fsp3) is 0.158. The van der Waals surface area contributed by atoms with Crippen LogP contribution in [0.15, 0.2) is 53.7 Å². The van der Waals surface area contributed by atoms with Gasteiger partial charge in [-0.25, -0.2) is 8.42 Å². The van der Waals surface area contributed by atoms with E-state index in [2.05, 4.69) is 6.07 Å². The molecule has 130 valence electrons. The van der Waals surface area contributed by atoms with Crippen molar-refractivity contribution in [2.75, 3.05) is 10.8 Å². The van der Waals surface area contributed by atoms with Crippen LogP contribution in [0.2, 0.25) is 0 Å². The van der Waals surface area contributed by atoms with Crippen LogP contribution in [0, 0.1) is 23.5 Å². The van der Waals surface area contributed by atoms with E-state index in [-0.39, 0.29) is 4.90 Å². The first-order chi connectivity index (χ1) is 12.4. The number of benzene rings is 2. The van der Waals surface area contributed by atoms with Crippen molar-refractivity contribution in [3.63, 3.8) is 0 Å². The highest BCUT2D eigenvalue weighted by atomic mass is 32.2. The van der Waals surface area contributed by atoms with Crippen molar-refractivity contribution >= 4 is 26.5 Å². The number of fused-ring (bicyclic) bond motifs is 2. The number of nitrogens with zero attached hydrogens (tertiary/aromatic N) is 3. The Morgan fingerprint density at radius 1 is 1.23 bits per heavy atom. The molecule has 1 aliphatic heterocycles. The smallest absolute Gasteiger partial charge is 0.264 e. The molecule has 6 nitrogen and oxygen atoms in total. The Morgan fingerprint density at radius 2 is 2.04 bits per heavy atom. The lowest BCUT2D eigenvalue weighted by molar-refractivity contribution is -0.604. The Balaban J connectivity index is 1.93. The molecule has 0 N–H and O–H groups in total. The Bertz CT molecular complexity index is 1200. The molecular formula is C19H15N3O3S. The summed E-state index contributed by atoms with van der Waals surface area (Å²) in [4.78, 5) is 0.170. The average molecular weight is 365 g/mol. The first kappa shape index (κ1) is 16.4. The van der Waals surface area contributed by atoms with Crippen LogP contribution in [0.4, 0.5) is 5.69 Å². The SMILES string of the molecule is Cc1c[n+]([O-])cc2cccc(S(=O)(=O)N3CCc4ccc(C#N)cc43)c12. The van der Waals surface area contributed by atoms with Gasteiger partial charge < -0.3 is 5.21 Å². The van der Waals surface area contributed by atoms with Crippen molar-refractivity contribution in [2.24, 2.45) is 0 Å². The minimum atomic E-state index is -3.83. The minimum Gasteiger partial charge on any atom is -0.619 e. The zero-order valence-corrected chi connectivity index (χ0v) is 14.8. The van der Waals surface area contributed by atoms with Gasteiger partial charge in [-0.05, 0) is 43.2 Å². The molecule has 26 heavy (non-hydrogen) atoms. The third-order valence-electron chi connectivity index (χ3n) is 4.68. The molecule has 2 aromatic carbocycles. The monoisotopic (exact) mass is 365 g/mol.